The molecule has 6 nitrogen and oxygen atoms in total. The van der Waals surface area contributed by atoms with Crippen LogP contribution in [0.4, 0.5) is 5.69 Å². The first-order valence-corrected chi connectivity index (χ1v) is 22.4. The summed E-state index contributed by atoms with van der Waals surface area (Å²) in [6, 6.07) is 37.8. The molecule has 0 aliphatic heterocycles. The minimum absolute atomic E-state index is 0.0649. The number of fused-ring (bicyclic) bond motifs is 3. The lowest BCUT2D eigenvalue weighted by atomic mass is 9.70. The van der Waals surface area contributed by atoms with Crippen LogP contribution in [0.2, 0.25) is 0 Å². The third kappa shape index (κ3) is 10.2. The number of hydrogen-bond acceptors (Lipinski definition) is 6. The van der Waals surface area contributed by atoms with E-state index in [0.717, 1.165) is 47.0 Å². The number of methoxy groups -OCH3 is 1. The lowest BCUT2D eigenvalue weighted by molar-refractivity contribution is 0.324. The van der Waals surface area contributed by atoms with E-state index in [1.807, 2.05) is 55.6 Å². The standard InChI is InChI=1S/C49H55N3O3PS/c1-7-10-30-49(31-11-8-2)47-34-37(4)12-28-45(47)46-29-19-39(35-48(46)49)14-13-38-15-20-41(21-16-38)52(9-3)32-33-54-43-24-26-44(27-25-43)55-56(57)51(5)50-36-40-17-22-42(53-6)23-18-40/h12,15-29,34-36H,7-11,30-33H2,1-6H3/q+1/b50-36+. The van der Waals surface area contributed by atoms with Crippen LogP contribution in [0.1, 0.15) is 92.7 Å². The summed E-state index contributed by atoms with van der Waals surface area (Å²) in [5.74, 6) is 9.24. The van der Waals surface area contributed by atoms with Crippen LogP contribution in [0.3, 0.4) is 0 Å². The van der Waals surface area contributed by atoms with E-state index in [4.69, 9.17) is 25.8 Å². The topological polar surface area (TPSA) is 46.5 Å². The van der Waals surface area contributed by atoms with E-state index in [0.29, 0.717) is 12.4 Å². The number of ether oxygens (including phenoxy) is 2. The van der Waals surface area contributed by atoms with Crippen LogP contribution in [0, 0.1) is 18.8 Å². The lowest BCUT2D eigenvalue weighted by Crippen LogP contribution is -2.28. The Morgan fingerprint density at radius 1 is 0.737 bits per heavy atom. The summed E-state index contributed by atoms with van der Waals surface area (Å²) in [7, 11) is 2.09. The number of likely N-dealkylation sites (N-methyl/N-ethyl adjacent to an activating group) is 1. The summed E-state index contributed by atoms with van der Waals surface area (Å²) in [5.41, 5.74) is 11.4. The Morgan fingerprint density at radius 3 is 1.98 bits per heavy atom. The van der Waals surface area contributed by atoms with Crippen molar-refractivity contribution in [3.63, 3.8) is 0 Å². The van der Waals surface area contributed by atoms with Gasteiger partial charge in [0.1, 0.15) is 18.1 Å². The number of rotatable bonds is 18. The van der Waals surface area contributed by atoms with Gasteiger partial charge in [-0.15, -0.1) is 5.10 Å². The predicted molar refractivity (Wildman–Crippen MR) is 242 cm³/mol. The second-order valence-electron chi connectivity index (χ2n) is 14.6. The van der Waals surface area contributed by atoms with Crippen molar-refractivity contribution in [2.75, 3.05) is 38.8 Å². The Hall–Kier alpha value is -5.15. The Bertz CT molecular complexity index is 2200. The largest absolute Gasteiger partial charge is 0.540 e. The van der Waals surface area contributed by atoms with Crippen LogP contribution in [0.5, 0.6) is 17.2 Å². The molecule has 1 atom stereocenters. The van der Waals surface area contributed by atoms with E-state index < -0.39 is 7.07 Å². The second kappa shape index (κ2) is 19.8. The average molecular weight is 797 g/mol. The first-order valence-electron chi connectivity index (χ1n) is 20.2. The highest BCUT2D eigenvalue weighted by Crippen LogP contribution is 2.54. The fraction of sp³-hybridized carbons (Fsp3) is 0.327. The van der Waals surface area contributed by atoms with Crippen molar-refractivity contribution in [1.29, 1.82) is 0 Å². The summed E-state index contributed by atoms with van der Waals surface area (Å²) < 4.78 is 19.0. The first-order chi connectivity index (χ1) is 27.8. The summed E-state index contributed by atoms with van der Waals surface area (Å²) in [6.45, 7) is 11.2. The van der Waals surface area contributed by atoms with Gasteiger partial charge in [0.15, 0.2) is 5.75 Å². The fourth-order valence-corrected chi connectivity index (χ4v) is 8.52. The SMILES string of the molecule is CCCCC1(CCCC)c2cc(C)ccc2-c2ccc(C#Cc3ccc(N(CC)CCOc4ccc(O[P+](=S)N(C)/N=C/c5ccc(OC)cc5)cc4)cc3)cc21. The summed E-state index contributed by atoms with van der Waals surface area (Å²) in [6.07, 6.45) is 8.97. The number of benzene rings is 5. The molecule has 5 aromatic carbocycles. The number of unbranched alkanes of at least 4 members (excludes halogenated alkanes) is 2. The van der Waals surface area contributed by atoms with Crippen LogP contribution in [0.15, 0.2) is 114 Å². The molecule has 0 radical (unpaired) electrons. The highest BCUT2D eigenvalue weighted by Gasteiger charge is 2.42. The van der Waals surface area contributed by atoms with Gasteiger partial charge in [-0.05, 0) is 139 Å². The third-order valence-corrected chi connectivity index (χ3v) is 12.6. The van der Waals surface area contributed by atoms with Gasteiger partial charge >= 0.3 is 7.07 Å². The van der Waals surface area contributed by atoms with Crippen molar-refractivity contribution in [3.8, 4) is 40.2 Å². The molecule has 0 N–H and O–H groups in total. The number of anilines is 1. The van der Waals surface area contributed by atoms with Crippen LogP contribution < -0.4 is 18.9 Å². The van der Waals surface area contributed by atoms with Crippen molar-refractivity contribution >= 4 is 30.8 Å². The van der Waals surface area contributed by atoms with E-state index in [-0.39, 0.29) is 5.41 Å². The molecule has 57 heavy (non-hydrogen) atoms. The smallest absolute Gasteiger partial charge is 0.497 e. The first kappa shape index (κ1) is 41.5. The zero-order valence-corrected chi connectivity index (χ0v) is 36.0. The van der Waals surface area contributed by atoms with E-state index in [2.05, 4.69) is 110 Å². The maximum absolute atomic E-state index is 6.12. The van der Waals surface area contributed by atoms with Gasteiger partial charge < -0.3 is 14.4 Å². The number of nitrogens with zero attached hydrogens (tertiary/aromatic N) is 3. The van der Waals surface area contributed by atoms with E-state index in [1.165, 1.54) is 66.3 Å². The van der Waals surface area contributed by atoms with Gasteiger partial charge in [0.25, 0.3) is 0 Å². The lowest BCUT2D eigenvalue weighted by Gasteiger charge is -2.33. The molecule has 0 aromatic heterocycles. The average Bonchev–Trinajstić information content (AvgIpc) is 3.50. The Morgan fingerprint density at radius 2 is 1.33 bits per heavy atom. The maximum atomic E-state index is 6.12. The van der Waals surface area contributed by atoms with E-state index >= 15 is 0 Å². The van der Waals surface area contributed by atoms with Crippen LogP contribution in [-0.4, -0.2) is 44.8 Å². The minimum atomic E-state index is -1.38. The molecular weight excluding hydrogens is 742 g/mol. The summed E-state index contributed by atoms with van der Waals surface area (Å²) in [4.78, 5) is 2.31. The summed E-state index contributed by atoms with van der Waals surface area (Å²) >= 11 is 5.58. The molecule has 0 bridgehead atoms. The fourth-order valence-electron chi connectivity index (χ4n) is 7.58. The van der Waals surface area contributed by atoms with Gasteiger partial charge in [0, 0.05) is 28.8 Å². The number of hydrazone groups is 1. The van der Waals surface area contributed by atoms with Crippen LogP contribution in [-0.2, 0) is 17.2 Å². The van der Waals surface area contributed by atoms with Gasteiger partial charge in [-0.2, -0.15) is 0 Å². The molecule has 5 aromatic rings. The van der Waals surface area contributed by atoms with Gasteiger partial charge in [-0.25, -0.2) is 0 Å². The molecule has 1 unspecified atom stereocenters. The van der Waals surface area contributed by atoms with Crippen molar-refractivity contribution in [2.45, 2.75) is 71.6 Å². The quantitative estimate of drug-likeness (QED) is 0.0381. The van der Waals surface area contributed by atoms with E-state index in [1.54, 1.807) is 18.1 Å². The molecule has 0 fully saturated rings. The minimum Gasteiger partial charge on any atom is -0.497 e. The molecular formula is C49H55N3O3PS+. The molecule has 0 heterocycles. The molecule has 8 heteroatoms. The zero-order chi connectivity index (χ0) is 40.2. The highest BCUT2D eigenvalue weighted by atomic mass is 32.4. The molecule has 6 rings (SSSR count). The maximum Gasteiger partial charge on any atom is 0.540 e. The molecule has 1 aliphatic rings. The second-order valence-corrected chi connectivity index (χ2v) is 16.8. The van der Waals surface area contributed by atoms with Crippen molar-refractivity contribution in [3.05, 3.63) is 143 Å². The van der Waals surface area contributed by atoms with Crippen LogP contribution in [0.25, 0.3) is 11.1 Å². The van der Waals surface area contributed by atoms with Crippen molar-refractivity contribution in [2.24, 2.45) is 5.10 Å². The van der Waals surface area contributed by atoms with Gasteiger partial charge in [-0.1, -0.05) is 86.0 Å². The van der Waals surface area contributed by atoms with Gasteiger partial charge in [0.05, 0.1) is 26.9 Å². The molecule has 0 saturated carbocycles. The third-order valence-electron chi connectivity index (χ3n) is 10.8. The molecule has 0 spiro atoms. The zero-order valence-electron chi connectivity index (χ0n) is 34.3. The number of hydrogen-bond donors (Lipinski definition) is 0. The predicted octanol–water partition coefficient (Wildman–Crippen LogP) is 12.1. The number of aryl methyl sites for hydroxylation is 1. The van der Waals surface area contributed by atoms with Crippen molar-refractivity contribution < 1.29 is 14.0 Å². The molecule has 0 amide bonds. The Labute approximate surface area is 346 Å². The molecule has 1 aliphatic carbocycles. The Kier molecular flexibility index (Phi) is 14.4. The normalized spacial score (nSPS) is 12.6. The monoisotopic (exact) mass is 796 g/mol. The molecule has 294 valence electrons. The van der Waals surface area contributed by atoms with Gasteiger partial charge in [-0.3, -0.25) is 4.52 Å². The molecule has 0 saturated heterocycles. The Balaban J connectivity index is 1.04. The highest BCUT2D eigenvalue weighted by molar-refractivity contribution is 8.02. The van der Waals surface area contributed by atoms with Gasteiger partial charge in [0.2, 0.25) is 11.8 Å². The van der Waals surface area contributed by atoms with Crippen LogP contribution >= 0.6 is 7.07 Å². The van der Waals surface area contributed by atoms with Crippen molar-refractivity contribution in [1.82, 2.24) is 4.78 Å². The summed E-state index contributed by atoms with van der Waals surface area (Å²) in [5, 5.41) is 4.45. The van der Waals surface area contributed by atoms with E-state index in [9.17, 15) is 0 Å².